The van der Waals surface area contributed by atoms with Crippen molar-refractivity contribution in [3.63, 3.8) is 0 Å². The molecule has 7 heteroatoms. The van der Waals surface area contributed by atoms with Crippen LogP contribution < -0.4 is 11.1 Å². The number of nitrogens with two attached hydrogens (primary N) is 1. The number of hydrogen-bond acceptors (Lipinski definition) is 4. The molecule has 0 aromatic carbocycles. The Morgan fingerprint density at radius 1 is 1.14 bits per heavy atom. The number of carbonyl (C=O) groups excluding carboxylic acids is 2. The molecule has 1 saturated heterocycles. The molecule has 0 saturated carbocycles. The van der Waals surface area contributed by atoms with E-state index in [2.05, 4.69) is 5.32 Å². The quantitative estimate of drug-likeness (QED) is 0.495. The molecule has 7 nitrogen and oxygen atoms in total. The first-order valence-corrected chi connectivity index (χ1v) is 7.53. The molecule has 1 atom stereocenters. The summed E-state index contributed by atoms with van der Waals surface area (Å²) in [7, 11) is 0. The van der Waals surface area contributed by atoms with Crippen molar-refractivity contribution in [2.75, 3.05) is 19.6 Å². The van der Waals surface area contributed by atoms with E-state index < -0.39 is 17.9 Å². The van der Waals surface area contributed by atoms with E-state index in [1.807, 2.05) is 4.90 Å². The molecule has 1 heterocycles. The molecule has 1 rings (SSSR count). The summed E-state index contributed by atoms with van der Waals surface area (Å²) in [6, 6.07) is -0.402. The predicted octanol–water partition coefficient (Wildman–Crippen LogP) is 0.0874. The van der Waals surface area contributed by atoms with Gasteiger partial charge in [0.2, 0.25) is 11.8 Å². The highest BCUT2D eigenvalue weighted by atomic mass is 16.4. The number of carbonyl (C=O) groups is 3. The second-order valence-electron chi connectivity index (χ2n) is 5.39. The van der Waals surface area contributed by atoms with Crippen molar-refractivity contribution < 1.29 is 19.5 Å². The van der Waals surface area contributed by atoms with Crippen LogP contribution in [0.15, 0.2) is 0 Å². The number of nitrogens with one attached hydrogen (secondary N) is 1. The summed E-state index contributed by atoms with van der Waals surface area (Å²) in [6.07, 6.45) is 4.00. The molecule has 4 N–H and O–H groups in total. The fourth-order valence-electron chi connectivity index (χ4n) is 2.43. The molecule has 21 heavy (non-hydrogen) atoms. The summed E-state index contributed by atoms with van der Waals surface area (Å²) in [5, 5.41) is 11.7. The molecule has 120 valence electrons. The van der Waals surface area contributed by atoms with Crippen molar-refractivity contribution in [2.45, 2.75) is 51.0 Å². The van der Waals surface area contributed by atoms with Gasteiger partial charge in [-0.3, -0.25) is 14.4 Å². The lowest BCUT2D eigenvalue weighted by atomic mass is 10.1. The van der Waals surface area contributed by atoms with Gasteiger partial charge in [-0.25, -0.2) is 0 Å². The van der Waals surface area contributed by atoms with Crippen LogP contribution in [0.3, 0.4) is 0 Å². The molecule has 1 unspecified atom stereocenters. The molecule has 0 spiro atoms. The van der Waals surface area contributed by atoms with E-state index in [-0.39, 0.29) is 18.7 Å². The minimum absolute atomic E-state index is 0.0204. The Hall–Kier alpha value is -1.63. The number of carboxylic acid groups (broad SMARTS) is 1. The van der Waals surface area contributed by atoms with Crippen LogP contribution in [0, 0.1) is 0 Å². The summed E-state index contributed by atoms with van der Waals surface area (Å²) in [5.41, 5.74) is 5.15. The van der Waals surface area contributed by atoms with Gasteiger partial charge in [0.05, 0.1) is 6.04 Å². The zero-order valence-electron chi connectivity index (χ0n) is 12.3. The highest BCUT2D eigenvalue weighted by Gasteiger charge is 2.26. The largest absolute Gasteiger partial charge is 0.481 e. The molecule has 0 aliphatic carbocycles. The summed E-state index contributed by atoms with van der Waals surface area (Å²) in [5.74, 6) is -1.21. The Kier molecular flexibility index (Phi) is 7.74. The lowest BCUT2D eigenvalue weighted by Crippen LogP contribution is -2.46. The van der Waals surface area contributed by atoms with E-state index in [1.165, 1.54) is 0 Å². The monoisotopic (exact) mass is 299 g/mol. The molecule has 0 radical (unpaired) electrons. The number of unbranched alkanes of at least 4 members (excludes halogenated alkanes) is 1. The SMILES string of the molecule is NC(=O)CCC(NCCCCC(=O)O)C(=O)N1CCCC1. The molecular formula is C14H25N3O4. The molecule has 1 aliphatic heterocycles. The van der Waals surface area contributed by atoms with Crippen LogP contribution >= 0.6 is 0 Å². The second kappa shape index (κ2) is 9.33. The minimum atomic E-state index is -0.812. The number of likely N-dealkylation sites (tertiary alicyclic amines) is 1. The molecule has 1 fully saturated rings. The van der Waals surface area contributed by atoms with Crippen LogP contribution in [0.25, 0.3) is 0 Å². The van der Waals surface area contributed by atoms with Gasteiger partial charge < -0.3 is 21.1 Å². The van der Waals surface area contributed by atoms with E-state index in [0.717, 1.165) is 25.9 Å². The number of nitrogens with zero attached hydrogens (tertiary/aromatic N) is 1. The maximum atomic E-state index is 12.3. The van der Waals surface area contributed by atoms with Crippen LogP contribution in [0.5, 0.6) is 0 Å². The van der Waals surface area contributed by atoms with Crippen molar-refractivity contribution in [1.82, 2.24) is 10.2 Å². The van der Waals surface area contributed by atoms with Gasteiger partial charge in [-0.05, 0) is 38.6 Å². The van der Waals surface area contributed by atoms with E-state index in [0.29, 0.717) is 25.8 Å². The molecule has 1 aliphatic rings. The average molecular weight is 299 g/mol. The normalized spacial score (nSPS) is 15.9. The van der Waals surface area contributed by atoms with Crippen molar-refractivity contribution in [3.8, 4) is 0 Å². The van der Waals surface area contributed by atoms with E-state index >= 15 is 0 Å². The van der Waals surface area contributed by atoms with Gasteiger partial charge in [0.1, 0.15) is 0 Å². The van der Waals surface area contributed by atoms with Gasteiger partial charge in [0.25, 0.3) is 0 Å². The number of hydrogen-bond donors (Lipinski definition) is 3. The number of rotatable bonds is 10. The Morgan fingerprint density at radius 3 is 2.38 bits per heavy atom. The minimum Gasteiger partial charge on any atom is -0.481 e. The smallest absolute Gasteiger partial charge is 0.303 e. The topological polar surface area (TPSA) is 113 Å². The van der Waals surface area contributed by atoms with Gasteiger partial charge >= 0.3 is 5.97 Å². The van der Waals surface area contributed by atoms with Crippen molar-refractivity contribution >= 4 is 17.8 Å². The number of primary amides is 1. The Labute approximate surface area is 124 Å². The number of aliphatic carboxylic acids is 1. The average Bonchev–Trinajstić information content (AvgIpc) is 2.94. The zero-order valence-corrected chi connectivity index (χ0v) is 12.3. The number of amides is 2. The summed E-state index contributed by atoms with van der Waals surface area (Å²) >= 11 is 0. The van der Waals surface area contributed by atoms with Crippen LogP contribution in [-0.4, -0.2) is 53.5 Å². The van der Waals surface area contributed by atoms with Gasteiger partial charge in [0, 0.05) is 25.9 Å². The van der Waals surface area contributed by atoms with Crippen LogP contribution in [0.4, 0.5) is 0 Å². The maximum absolute atomic E-state index is 12.3. The van der Waals surface area contributed by atoms with Crippen molar-refractivity contribution in [1.29, 1.82) is 0 Å². The molecule has 0 aromatic heterocycles. The van der Waals surface area contributed by atoms with Crippen molar-refractivity contribution in [2.24, 2.45) is 5.73 Å². The Morgan fingerprint density at radius 2 is 1.81 bits per heavy atom. The van der Waals surface area contributed by atoms with E-state index in [1.54, 1.807) is 0 Å². The Balaban J connectivity index is 2.37. The summed E-state index contributed by atoms with van der Waals surface area (Å²) in [6.45, 7) is 2.11. The predicted molar refractivity (Wildman–Crippen MR) is 77.5 cm³/mol. The first-order valence-electron chi connectivity index (χ1n) is 7.53. The van der Waals surface area contributed by atoms with Crippen LogP contribution in [0.2, 0.25) is 0 Å². The zero-order chi connectivity index (χ0) is 15.7. The molecule has 2 amide bonds. The third kappa shape index (κ3) is 7.08. The highest BCUT2D eigenvalue weighted by molar-refractivity contribution is 5.83. The second-order valence-corrected chi connectivity index (χ2v) is 5.39. The van der Waals surface area contributed by atoms with Gasteiger partial charge in [0.15, 0.2) is 0 Å². The third-order valence-electron chi connectivity index (χ3n) is 3.60. The third-order valence-corrected chi connectivity index (χ3v) is 3.60. The maximum Gasteiger partial charge on any atom is 0.303 e. The van der Waals surface area contributed by atoms with Gasteiger partial charge in [-0.2, -0.15) is 0 Å². The van der Waals surface area contributed by atoms with Crippen LogP contribution in [0.1, 0.15) is 44.9 Å². The first-order chi connectivity index (χ1) is 10.0. The lowest BCUT2D eigenvalue weighted by Gasteiger charge is -2.24. The molecule has 0 aromatic rings. The summed E-state index contributed by atoms with van der Waals surface area (Å²) < 4.78 is 0. The van der Waals surface area contributed by atoms with Crippen molar-refractivity contribution in [3.05, 3.63) is 0 Å². The van der Waals surface area contributed by atoms with Gasteiger partial charge in [-0.1, -0.05) is 0 Å². The molecular weight excluding hydrogens is 274 g/mol. The van der Waals surface area contributed by atoms with E-state index in [9.17, 15) is 14.4 Å². The summed E-state index contributed by atoms with van der Waals surface area (Å²) in [4.78, 5) is 35.5. The van der Waals surface area contributed by atoms with E-state index in [4.69, 9.17) is 10.8 Å². The highest BCUT2D eigenvalue weighted by Crippen LogP contribution is 2.11. The lowest BCUT2D eigenvalue weighted by molar-refractivity contribution is -0.137. The number of carboxylic acids is 1. The van der Waals surface area contributed by atoms with Gasteiger partial charge in [-0.15, -0.1) is 0 Å². The molecule has 0 bridgehead atoms. The first kappa shape index (κ1) is 17.4. The standard InChI is InChI=1S/C14H25N3O4/c15-12(18)7-6-11(14(21)17-9-3-4-10-17)16-8-2-1-5-13(19)20/h11,16H,1-10H2,(H2,15,18)(H,19,20). The van der Waals surface area contributed by atoms with Crippen LogP contribution in [-0.2, 0) is 14.4 Å². The fourth-order valence-corrected chi connectivity index (χ4v) is 2.43. The fraction of sp³-hybridized carbons (Fsp3) is 0.786. The Bertz CT molecular complexity index is 367.